The molecule has 0 aliphatic carbocycles. The number of fused-ring (bicyclic) bond motifs is 1. The molecule has 3 heterocycles. The topological polar surface area (TPSA) is 97.6 Å². The van der Waals surface area contributed by atoms with Gasteiger partial charge in [-0.05, 0) is 25.1 Å². The molecule has 1 amide bonds. The van der Waals surface area contributed by atoms with E-state index in [1.54, 1.807) is 18.7 Å². The number of nitrogens with one attached hydrogen (secondary N) is 2. The summed E-state index contributed by atoms with van der Waals surface area (Å²) in [5.41, 5.74) is -0.0191. The van der Waals surface area contributed by atoms with Gasteiger partial charge < -0.3 is 10.6 Å². The van der Waals surface area contributed by atoms with Crippen molar-refractivity contribution in [2.24, 2.45) is 7.05 Å². The predicted octanol–water partition coefficient (Wildman–Crippen LogP) is 4.73. The monoisotopic (exact) mass is 481 g/mol. The first-order chi connectivity index (χ1) is 15.1. The van der Waals surface area contributed by atoms with E-state index in [0.717, 1.165) is 6.07 Å². The second-order valence-corrected chi connectivity index (χ2v) is 8.28. The molecule has 166 valence electrons. The number of amides is 1. The number of hydrogen-bond donors (Lipinski definition) is 2. The van der Waals surface area contributed by atoms with Crippen molar-refractivity contribution in [1.82, 2.24) is 30.0 Å². The van der Waals surface area contributed by atoms with Crippen LogP contribution in [0.25, 0.3) is 11.0 Å². The third kappa shape index (κ3) is 4.36. The van der Waals surface area contributed by atoms with E-state index >= 15 is 0 Å². The molecule has 4 aromatic rings. The van der Waals surface area contributed by atoms with Crippen LogP contribution in [0.3, 0.4) is 0 Å². The molecule has 1 aromatic carbocycles. The summed E-state index contributed by atoms with van der Waals surface area (Å²) < 4.78 is 40.7. The molecule has 8 nitrogen and oxygen atoms in total. The first-order valence-corrected chi connectivity index (χ1v) is 10.4. The molecule has 1 atom stereocenters. The summed E-state index contributed by atoms with van der Waals surface area (Å²) >= 11 is 6.85. The van der Waals surface area contributed by atoms with Gasteiger partial charge in [0, 0.05) is 23.8 Å². The Hall–Kier alpha value is -3.25. The highest BCUT2D eigenvalue weighted by molar-refractivity contribution is 7.15. The van der Waals surface area contributed by atoms with Crippen LogP contribution >= 0.6 is 22.9 Å². The van der Waals surface area contributed by atoms with E-state index in [9.17, 15) is 18.0 Å². The van der Waals surface area contributed by atoms with Crippen LogP contribution in [-0.4, -0.2) is 30.6 Å². The van der Waals surface area contributed by atoms with E-state index in [0.29, 0.717) is 21.0 Å². The summed E-state index contributed by atoms with van der Waals surface area (Å²) in [5.74, 6) is -0.409. The third-order valence-electron chi connectivity index (χ3n) is 4.57. The quantitative estimate of drug-likeness (QED) is 0.428. The predicted molar refractivity (Wildman–Crippen MR) is 114 cm³/mol. The van der Waals surface area contributed by atoms with Crippen LogP contribution in [0.15, 0.2) is 36.9 Å². The van der Waals surface area contributed by atoms with Crippen molar-refractivity contribution in [2.45, 2.75) is 19.1 Å². The molecule has 32 heavy (non-hydrogen) atoms. The van der Waals surface area contributed by atoms with Gasteiger partial charge in [0.25, 0.3) is 5.91 Å². The van der Waals surface area contributed by atoms with Crippen LogP contribution in [0, 0.1) is 0 Å². The van der Waals surface area contributed by atoms with Crippen LogP contribution in [0.4, 0.5) is 24.0 Å². The minimum absolute atomic E-state index is 0.193. The number of carbonyl (C=O) groups excluding carboxylic acids is 1. The van der Waals surface area contributed by atoms with Crippen LogP contribution in [0.5, 0.6) is 0 Å². The van der Waals surface area contributed by atoms with Crippen molar-refractivity contribution < 1.29 is 18.0 Å². The highest BCUT2D eigenvalue weighted by Crippen LogP contribution is 2.37. The van der Waals surface area contributed by atoms with E-state index < -0.39 is 23.7 Å². The molecule has 0 fully saturated rings. The molecule has 0 spiro atoms. The lowest BCUT2D eigenvalue weighted by atomic mass is 10.2. The summed E-state index contributed by atoms with van der Waals surface area (Å²) in [6, 6.07) is 3.10. The summed E-state index contributed by atoms with van der Waals surface area (Å²) in [7, 11) is 1.71. The number of benzene rings is 1. The normalized spacial score (nSPS) is 12.7. The van der Waals surface area contributed by atoms with Crippen LogP contribution in [0.1, 0.15) is 33.9 Å². The Morgan fingerprint density at radius 1 is 1.22 bits per heavy atom. The molecule has 0 saturated heterocycles. The van der Waals surface area contributed by atoms with Gasteiger partial charge in [-0.25, -0.2) is 15.0 Å². The Morgan fingerprint density at radius 3 is 2.75 bits per heavy atom. The fourth-order valence-electron chi connectivity index (χ4n) is 2.97. The van der Waals surface area contributed by atoms with Crippen LogP contribution in [-0.2, 0) is 13.2 Å². The van der Waals surface area contributed by atoms with Gasteiger partial charge in [0.05, 0.1) is 28.2 Å². The molecule has 2 N–H and O–H groups in total. The molecule has 1 unspecified atom stereocenters. The largest absolute Gasteiger partial charge is 0.417 e. The van der Waals surface area contributed by atoms with Gasteiger partial charge in [0.15, 0.2) is 10.8 Å². The van der Waals surface area contributed by atoms with Crippen molar-refractivity contribution in [3.05, 3.63) is 58.1 Å². The first-order valence-electron chi connectivity index (χ1n) is 9.16. The highest BCUT2D eigenvalue weighted by Gasteiger charge is 2.33. The summed E-state index contributed by atoms with van der Waals surface area (Å²) in [6.07, 6.45) is -0.217. The van der Waals surface area contributed by atoms with Crippen molar-refractivity contribution in [2.75, 3.05) is 5.32 Å². The first kappa shape index (κ1) is 22.0. The Morgan fingerprint density at radius 2 is 2.00 bits per heavy atom. The van der Waals surface area contributed by atoms with Gasteiger partial charge in [-0.2, -0.15) is 18.3 Å². The van der Waals surface area contributed by atoms with E-state index in [1.807, 2.05) is 0 Å². The number of thiazole rings is 1. The molecule has 0 bridgehead atoms. The van der Waals surface area contributed by atoms with Crippen LogP contribution in [0.2, 0.25) is 5.02 Å². The fraction of sp³-hybridized carbons (Fsp3) is 0.211. The Kier molecular flexibility index (Phi) is 5.73. The van der Waals surface area contributed by atoms with Gasteiger partial charge in [0.2, 0.25) is 0 Å². The number of anilines is 2. The Balaban J connectivity index is 1.48. The highest BCUT2D eigenvalue weighted by atomic mass is 35.5. The lowest BCUT2D eigenvalue weighted by Gasteiger charge is -2.12. The molecular weight excluding hydrogens is 467 g/mol. The van der Waals surface area contributed by atoms with Gasteiger partial charge in [-0.15, -0.1) is 0 Å². The van der Waals surface area contributed by atoms with Crippen molar-refractivity contribution in [3.63, 3.8) is 0 Å². The maximum Gasteiger partial charge on any atom is 0.417 e. The zero-order valence-electron chi connectivity index (χ0n) is 16.6. The van der Waals surface area contributed by atoms with Crippen LogP contribution < -0.4 is 10.6 Å². The summed E-state index contributed by atoms with van der Waals surface area (Å²) in [4.78, 5) is 25.8. The van der Waals surface area contributed by atoms with Gasteiger partial charge in [0.1, 0.15) is 12.0 Å². The van der Waals surface area contributed by atoms with Crippen molar-refractivity contribution in [1.29, 1.82) is 0 Å². The van der Waals surface area contributed by atoms with Gasteiger partial charge in [-0.1, -0.05) is 22.9 Å². The number of rotatable bonds is 5. The molecule has 0 radical (unpaired) electrons. The van der Waals surface area contributed by atoms with E-state index in [-0.39, 0.29) is 16.4 Å². The number of carbonyl (C=O) groups is 1. The molecule has 13 heteroatoms. The molecule has 4 rings (SSSR count). The maximum absolute atomic E-state index is 13.1. The molecule has 0 aliphatic rings. The number of alkyl halides is 3. The lowest BCUT2D eigenvalue weighted by Crippen LogP contribution is -2.27. The van der Waals surface area contributed by atoms with E-state index in [4.69, 9.17) is 11.6 Å². The van der Waals surface area contributed by atoms with Crippen molar-refractivity contribution in [3.8, 4) is 0 Å². The summed E-state index contributed by atoms with van der Waals surface area (Å²) in [5, 5.41) is 10.3. The van der Waals surface area contributed by atoms with Gasteiger partial charge >= 0.3 is 6.18 Å². The SMILES string of the molecule is CC(NC(=O)c1ncnc2c1cnn2C)c1cnc(Nc2ccc(Cl)c(C(F)(F)F)c2)s1. The number of hydrogen-bond acceptors (Lipinski definition) is 7. The van der Waals surface area contributed by atoms with E-state index in [1.165, 1.54) is 42.2 Å². The average molecular weight is 482 g/mol. The average Bonchev–Trinajstić information content (AvgIpc) is 3.35. The Labute approximate surface area is 188 Å². The molecular formula is C19H15ClF3N7OS. The Bertz CT molecular complexity index is 1300. The molecule has 0 aliphatic heterocycles. The molecule has 3 aromatic heterocycles. The van der Waals surface area contributed by atoms with Crippen molar-refractivity contribution >= 4 is 50.7 Å². The number of nitrogens with zero attached hydrogens (tertiary/aromatic N) is 5. The number of halogens is 4. The molecule has 0 saturated carbocycles. The van der Waals surface area contributed by atoms with E-state index in [2.05, 4.69) is 30.7 Å². The zero-order chi connectivity index (χ0) is 23.0. The lowest BCUT2D eigenvalue weighted by molar-refractivity contribution is -0.137. The second kappa shape index (κ2) is 8.36. The fourth-order valence-corrected chi connectivity index (χ4v) is 4.03. The maximum atomic E-state index is 13.1. The zero-order valence-corrected chi connectivity index (χ0v) is 18.2. The third-order valence-corrected chi connectivity index (χ3v) is 5.99. The number of aryl methyl sites for hydroxylation is 1. The smallest absolute Gasteiger partial charge is 0.343 e. The number of aromatic nitrogens is 5. The standard InChI is InChI=1S/C19H15ClF3N7OS/c1-9(28-17(31)15-11-6-27-30(2)16(11)26-8-25-15)14-7-24-18(32-14)29-10-3-4-13(20)12(5-10)19(21,22)23/h3-9H,1-2H3,(H,24,29)(H,28,31). The summed E-state index contributed by atoms with van der Waals surface area (Å²) in [6.45, 7) is 1.76. The second-order valence-electron chi connectivity index (χ2n) is 6.81. The minimum Gasteiger partial charge on any atom is -0.343 e. The van der Waals surface area contributed by atoms with Gasteiger partial charge in [-0.3, -0.25) is 9.48 Å². The minimum atomic E-state index is -4.57.